The number of thiol groups is 2. The second-order valence-electron chi connectivity index (χ2n) is 4.13. The van der Waals surface area contributed by atoms with Crippen molar-refractivity contribution in [2.75, 3.05) is 0 Å². The lowest BCUT2D eigenvalue weighted by Crippen LogP contribution is -1.82. The molecule has 2 rings (SSSR count). The Morgan fingerprint density at radius 3 is 1.58 bits per heavy atom. The van der Waals surface area contributed by atoms with Gasteiger partial charge in [-0.1, -0.05) is 0 Å². The van der Waals surface area contributed by atoms with Crippen LogP contribution < -0.4 is 0 Å². The number of aryl methyl sites for hydroxylation is 2. The average Bonchev–Trinajstić information content (AvgIpc) is 2.34. The Hall–Kier alpha value is -0.200. The van der Waals surface area contributed by atoms with Crippen LogP contribution in [0, 0.1) is 13.8 Å². The Morgan fingerprint density at radius 2 is 1.21 bits per heavy atom. The first-order chi connectivity index (χ1) is 9.06. The van der Waals surface area contributed by atoms with Gasteiger partial charge in [0.15, 0.2) is 0 Å². The van der Waals surface area contributed by atoms with E-state index in [9.17, 15) is 0 Å². The van der Waals surface area contributed by atoms with Gasteiger partial charge in [-0.3, -0.25) is 0 Å². The minimum atomic E-state index is 0.967. The standard InChI is InChI=1S/C14H14OS4/c1-9-7-11(16)3-5-13(9)18-15-19-14-6-4-12(17)8-10(14)2/h3-8,16-17H,1-2H3. The number of rotatable bonds is 4. The zero-order chi connectivity index (χ0) is 13.8. The molecular formula is C14H14OS4. The van der Waals surface area contributed by atoms with Crippen LogP contribution in [0.15, 0.2) is 56.0 Å². The lowest BCUT2D eigenvalue weighted by atomic mass is 10.2. The summed E-state index contributed by atoms with van der Waals surface area (Å²) in [4.78, 5) is 4.15. The molecule has 0 unspecified atom stereocenters. The van der Waals surface area contributed by atoms with Crippen LogP contribution in [0.5, 0.6) is 0 Å². The Morgan fingerprint density at radius 1 is 0.789 bits per heavy atom. The molecule has 0 aliphatic rings. The summed E-state index contributed by atoms with van der Waals surface area (Å²) >= 11 is 11.4. The first-order valence-corrected chi connectivity index (χ1v) is 8.04. The Balaban J connectivity index is 1.96. The van der Waals surface area contributed by atoms with E-state index in [0.717, 1.165) is 19.6 Å². The van der Waals surface area contributed by atoms with Crippen molar-refractivity contribution in [3.8, 4) is 0 Å². The summed E-state index contributed by atoms with van der Waals surface area (Å²) in [5.74, 6) is 0. The number of benzene rings is 2. The molecule has 0 N–H and O–H groups in total. The third kappa shape index (κ3) is 4.39. The van der Waals surface area contributed by atoms with Gasteiger partial charge in [-0.25, -0.2) is 3.63 Å². The molecule has 0 atom stereocenters. The van der Waals surface area contributed by atoms with Crippen molar-refractivity contribution in [1.82, 2.24) is 0 Å². The highest BCUT2D eigenvalue weighted by Gasteiger charge is 2.04. The first kappa shape index (κ1) is 15.2. The number of hydrogen-bond acceptors (Lipinski definition) is 5. The van der Waals surface area contributed by atoms with Gasteiger partial charge in [0.2, 0.25) is 0 Å². The normalized spacial score (nSPS) is 10.7. The third-order valence-electron chi connectivity index (χ3n) is 2.56. The van der Waals surface area contributed by atoms with Crippen molar-refractivity contribution < 1.29 is 3.63 Å². The van der Waals surface area contributed by atoms with E-state index in [1.807, 2.05) is 36.4 Å². The van der Waals surface area contributed by atoms with Crippen LogP contribution in [0.3, 0.4) is 0 Å². The third-order valence-corrected chi connectivity index (χ3v) is 4.94. The summed E-state index contributed by atoms with van der Waals surface area (Å²) in [7, 11) is 0. The van der Waals surface area contributed by atoms with Crippen LogP contribution in [-0.2, 0) is 3.63 Å². The summed E-state index contributed by atoms with van der Waals surface area (Å²) in [5, 5.41) is 0. The van der Waals surface area contributed by atoms with E-state index in [2.05, 4.69) is 39.1 Å². The van der Waals surface area contributed by atoms with Gasteiger partial charge in [-0.05, 0) is 61.4 Å². The van der Waals surface area contributed by atoms with Crippen LogP contribution in [-0.4, -0.2) is 0 Å². The first-order valence-electron chi connectivity index (χ1n) is 5.66. The summed E-state index contributed by atoms with van der Waals surface area (Å²) in [6.07, 6.45) is 0. The smallest absolute Gasteiger partial charge is 0.0450 e. The Kier molecular flexibility index (Phi) is 5.59. The minimum absolute atomic E-state index is 0.967. The molecule has 0 radical (unpaired) electrons. The molecule has 0 saturated carbocycles. The van der Waals surface area contributed by atoms with E-state index in [-0.39, 0.29) is 0 Å². The van der Waals surface area contributed by atoms with Crippen molar-refractivity contribution >= 4 is 49.3 Å². The molecule has 0 aliphatic carbocycles. The SMILES string of the molecule is Cc1cc(S)ccc1SOSc1ccc(S)cc1C. The molecule has 0 bridgehead atoms. The maximum atomic E-state index is 5.63. The van der Waals surface area contributed by atoms with Gasteiger partial charge in [-0.2, -0.15) is 0 Å². The molecule has 100 valence electrons. The van der Waals surface area contributed by atoms with Gasteiger partial charge in [-0.15, -0.1) is 25.3 Å². The summed E-state index contributed by atoms with van der Waals surface area (Å²) in [5.41, 5.74) is 2.33. The second kappa shape index (κ2) is 6.99. The van der Waals surface area contributed by atoms with Crippen molar-refractivity contribution in [3.63, 3.8) is 0 Å². The van der Waals surface area contributed by atoms with Crippen LogP contribution in [0.25, 0.3) is 0 Å². The molecule has 0 amide bonds. The van der Waals surface area contributed by atoms with E-state index in [1.165, 1.54) is 35.2 Å². The highest BCUT2D eigenvalue weighted by Crippen LogP contribution is 2.34. The van der Waals surface area contributed by atoms with E-state index >= 15 is 0 Å². The maximum absolute atomic E-state index is 5.63. The molecule has 0 saturated heterocycles. The molecule has 0 aliphatic heterocycles. The zero-order valence-corrected chi connectivity index (χ0v) is 14.0. The predicted molar refractivity (Wildman–Crippen MR) is 89.7 cm³/mol. The van der Waals surface area contributed by atoms with Crippen LogP contribution in [0.2, 0.25) is 0 Å². The fraction of sp³-hybridized carbons (Fsp3) is 0.143. The quantitative estimate of drug-likeness (QED) is 0.558. The average molecular weight is 327 g/mol. The van der Waals surface area contributed by atoms with Gasteiger partial charge in [0, 0.05) is 43.7 Å². The van der Waals surface area contributed by atoms with E-state index in [0.29, 0.717) is 0 Å². The van der Waals surface area contributed by atoms with Crippen LogP contribution >= 0.6 is 49.3 Å². The molecule has 0 spiro atoms. The Bertz CT molecular complexity index is 532. The molecule has 2 aromatic carbocycles. The van der Waals surface area contributed by atoms with Gasteiger partial charge >= 0.3 is 0 Å². The molecule has 0 fully saturated rings. The van der Waals surface area contributed by atoms with Gasteiger partial charge in [0.05, 0.1) is 0 Å². The fourth-order valence-corrected chi connectivity index (χ4v) is 3.43. The second-order valence-corrected chi connectivity index (χ2v) is 6.92. The Labute approximate surface area is 133 Å². The van der Waals surface area contributed by atoms with Gasteiger partial charge in [0.25, 0.3) is 0 Å². The molecule has 2 aromatic rings. The number of hydrogen-bond donors (Lipinski definition) is 2. The molecule has 0 heterocycles. The lowest BCUT2D eigenvalue weighted by molar-refractivity contribution is 0.754. The van der Waals surface area contributed by atoms with Crippen LogP contribution in [0.4, 0.5) is 0 Å². The van der Waals surface area contributed by atoms with Gasteiger partial charge in [0.1, 0.15) is 0 Å². The topological polar surface area (TPSA) is 9.23 Å². The highest BCUT2D eigenvalue weighted by molar-refractivity contribution is 8.08. The summed E-state index contributed by atoms with van der Waals surface area (Å²) in [6.45, 7) is 4.11. The van der Waals surface area contributed by atoms with Crippen molar-refractivity contribution in [2.45, 2.75) is 33.4 Å². The summed E-state index contributed by atoms with van der Waals surface area (Å²) < 4.78 is 5.63. The largest absolute Gasteiger partial charge is 0.237 e. The predicted octanol–water partition coefficient (Wildman–Crippen LogP) is 5.61. The maximum Gasteiger partial charge on any atom is 0.0450 e. The van der Waals surface area contributed by atoms with Gasteiger partial charge < -0.3 is 0 Å². The zero-order valence-electron chi connectivity index (χ0n) is 10.6. The van der Waals surface area contributed by atoms with E-state index in [1.54, 1.807) is 0 Å². The molecule has 0 aromatic heterocycles. The fourth-order valence-electron chi connectivity index (χ4n) is 1.54. The molecular weight excluding hydrogens is 312 g/mol. The lowest BCUT2D eigenvalue weighted by Gasteiger charge is -2.07. The minimum Gasteiger partial charge on any atom is -0.237 e. The molecule has 19 heavy (non-hydrogen) atoms. The molecule has 5 heteroatoms. The highest BCUT2D eigenvalue weighted by atomic mass is 32.2. The summed E-state index contributed by atoms with van der Waals surface area (Å²) in [6, 6.07) is 12.0. The monoisotopic (exact) mass is 326 g/mol. The van der Waals surface area contributed by atoms with Crippen molar-refractivity contribution in [1.29, 1.82) is 0 Å². The van der Waals surface area contributed by atoms with Crippen molar-refractivity contribution in [2.24, 2.45) is 0 Å². The van der Waals surface area contributed by atoms with E-state index in [4.69, 9.17) is 3.63 Å². The van der Waals surface area contributed by atoms with Crippen molar-refractivity contribution in [3.05, 3.63) is 47.5 Å². The van der Waals surface area contributed by atoms with E-state index < -0.39 is 0 Å². The molecule has 1 nitrogen and oxygen atoms in total. The van der Waals surface area contributed by atoms with Crippen LogP contribution in [0.1, 0.15) is 11.1 Å².